The van der Waals surface area contributed by atoms with Crippen LogP contribution in [0.5, 0.6) is 0 Å². The van der Waals surface area contributed by atoms with Crippen LogP contribution in [0.4, 0.5) is 0 Å². The summed E-state index contributed by atoms with van der Waals surface area (Å²) in [4.78, 5) is 13.8. The zero-order valence-electron chi connectivity index (χ0n) is 13.1. The number of rotatable bonds is 6. The third kappa shape index (κ3) is 3.87. The molecule has 0 saturated heterocycles. The molecule has 0 spiro atoms. The Labute approximate surface area is 134 Å². The van der Waals surface area contributed by atoms with Crippen LogP contribution >= 0.6 is 0 Å². The minimum Gasteiger partial charge on any atom is -0.390 e. The Balaban J connectivity index is 1.58. The molecule has 0 aliphatic carbocycles. The van der Waals surface area contributed by atoms with E-state index < -0.39 is 11.9 Å². The van der Waals surface area contributed by atoms with E-state index in [0.717, 1.165) is 24.2 Å². The van der Waals surface area contributed by atoms with Crippen LogP contribution < -0.4 is 5.76 Å². The molecule has 124 valence electrons. The zero-order chi connectivity index (χ0) is 16.2. The first-order chi connectivity index (χ1) is 11.2. The van der Waals surface area contributed by atoms with Crippen molar-refractivity contribution < 1.29 is 14.3 Å². The van der Waals surface area contributed by atoms with Crippen LogP contribution in [0.15, 0.2) is 33.5 Å². The first-order valence-corrected chi connectivity index (χ1v) is 7.68. The highest BCUT2D eigenvalue weighted by Gasteiger charge is 2.20. The van der Waals surface area contributed by atoms with Gasteiger partial charge in [0.1, 0.15) is 6.61 Å². The van der Waals surface area contributed by atoms with Crippen molar-refractivity contribution in [1.29, 1.82) is 0 Å². The molecule has 1 aliphatic rings. The Kier molecular flexibility index (Phi) is 4.90. The summed E-state index contributed by atoms with van der Waals surface area (Å²) in [6.45, 7) is 2.46. The summed E-state index contributed by atoms with van der Waals surface area (Å²) >= 11 is 0. The number of aromatic nitrogens is 2. The Morgan fingerprint density at radius 3 is 2.91 bits per heavy atom. The number of benzene rings is 1. The normalized spacial score (nSPS) is 16.3. The van der Waals surface area contributed by atoms with Crippen LogP contribution in [-0.2, 0) is 30.9 Å². The fourth-order valence-electron chi connectivity index (χ4n) is 2.91. The maximum absolute atomic E-state index is 11.7. The molecule has 7 nitrogen and oxygen atoms in total. The molecule has 1 aliphatic heterocycles. The Bertz CT molecular complexity index is 709. The Hall–Kier alpha value is -1.96. The zero-order valence-corrected chi connectivity index (χ0v) is 13.1. The summed E-state index contributed by atoms with van der Waals surface area (Å²) in [6.07, 6.45) is 0.295. The molecule has 0 saturated carbocycles. The number of aliphatic hydroxyl groups is 1. The molecule has 7 heteroatoms. The fraction of sp³-hybridized carbons (Fsp3) is 0.500. The summed E-state index contributed by atoms with van der Waals surface area (Å²) in [5.41, 5.74) is 2.67. The van der Waals surface area contributed by atoms with Gasteiger partial charge < -0.3 is 14.3 Å². The van der Waals surface area contributed by atoms with Crippen molar-refractivity contribution in [2.75, 3.05) is 20.2 Å². The number of aliphatic hydroxyl groups excluding tert-OH is 1. The summed E-state index contributed by atoms with van der Waals surface area (Å²) in [5.74, 6) is -0.350. The molecule has 1 aromatic carbocycles. The molecule has 23 heavy (non-hydrogen) atoms. The van der Waals surface area contributed by atoms with Crippen molar-refractivity contribution in [3.8, 4) is 0 Å². The first-order valence-electron chi connectivity index (χ1n) is 7.68. The van der Waals surface area contributed by atoms with Gasteiger partial charge in [0.2, 0.25) is 5.89 Å². The van der Waals surface area contributed by atoms with Crippen LogP contribution in [0.3, 0.4) is 0 Å². The van der Waals surface area contributed by atoms with E-state index in [1.165, 1.54) is 18.2 Å². The van der Waals surface area contributed by atoms with Crippen LogP contribution in [0.2, 0.25) is 0 Å². The highest BCUT2D eigenvalue weighted by Crippen LogP contribution is 2.18. The molecule has 3 rings (SSSR count). The number of hydrogen-bond donors (Lipinski definition) is 1. The highest BCUT2D eigenvalue weighted by molar-refractivity contribution is 5.29. The molecule has 1 unspecified atom stereocenters. The van der Waals surface area contributed by atoms with Crippen molar-refractivity contribution in [2.24, 2.45) is 0 Å². The number of hydrogen-bond acceptors (Lipinski definition) is 6. The van der Waals surface area contributed by atoms with Gasteiger partial charge in [-0.2, -0.15) is 4.68 Å². The molecule has 0 radical (unpaired) electrons. The average Bonchev–Trinajstić information content (AvgIpc) is 2.87. The smallest absolute Gasteiger partial charge is 0.390 e. The first kappa shape index (κ1) is 15.9. The third-order valence-corrected chi connectivity index (χ3v) is 3.98. The standard InChI is InChI=1S/C16H21N3O4/c1-22-11-15-17-19(16(21)23-15)10-14(20)9-18-7-6-12-4-2-3-5-13(12)8-18/h2-5,14,20H,6-11H2,1H3. The molecule has 0 amide bonds. The van der Waals surface area contributed by atoms with Crippen molar-refractivity contribution in [3.63, 3.8) is 0 Å². The van der Waals surface area contributed by atoms with E-state index in [0.29, 0.717) is 6.54 Å². The summed E-state index contributed by atoms with van der Waals surface area (Å²) < 4.78 is 11.0. The van der Waals surface area contributed by atoms with E-state index in [-0.39, 0.29) is 19.0 Å². The molecule has 0 bridgehead atoms. The van der Waals surface area contributed by atoms with Crippen molar-refractivity contribution >= 4 is 0 Å². The molecule has 2 heterocycles. The summed E-state index contributed by atoms with van der Waals surface area (Å²) in [7, 11) is 1.50. The van der Waals surface area contributed by atoms with Gasteiger partial charge in [0.25, 0.3) is 0 Å². The van der Waals surface area contributed by atoms with Crippen LogP contribution in [0, 0.1) is 0 Å². The van der Waals surface area contributed by atoms with Crippen molar-refractivity contribution in [1.82, 2.24) is 14.7 Å². The molecular weight excluding hydrogens is 298 g/mol. The Morgan fingerprint density at radius 2 is 2.13 bits per heavy atom. The van der Waals surface area contributed by atoms with E-state index in [2.05, 4.69) is 28.2 Å². The molecule has 1 N–H and O–H groups in total. The Morgan fingerprint density at radius 1 is 1.35 bits per heavy atom. The molecular formula is C16H21N3O4. The molecule has 0 fully saturated rings. The van der Waals surface area contributed by atoms with Gasteiger partial charge in [0, 0.05) is 26.7 Å². The fourth-order valence-corrected chi connectivity index (χ4v) is 2.91. The quantitative estimate of drug-likeness (QED) is 0.830. The minimum absolute atomic E-state index is 0.115. The van der Waals surface area contributed by atoms with E-state index >= 15 is 0 Å². The molecule has 1 atom stereocenters. The van der Waals surface area contributed by atoms with Crippen LogP contribution in [0.25, 0.3) is 0 Å². The lowest BCUT2D eigenvalue weighted by Crippen LogP contribution is -2.39. The van der Waals surface area contributed by atoms with Gasteiger partial charge in [0.05, 0.1) is 12.6 Å². The van der Waals surface area contributed by atoms with Gasteiger partial charge in [-0.05, 0) is 17.5 Å². The van der Waals surface area contributed by atoms with E-state index in [9.17, 15) is 9.90 Å². The van der Waals surface area contributed by atoms with Gasteiger partial charge in [-0.25, -0.2) is 4.79 Å². The minimum atomic E-state index is -0.682. The lowest BCUT2D eigenvalue weighted by Gasteiger charge is -2.30. The maximum Gasteiger partial charge on any atom is 0.437 e. The summed E-state index contributed by atoms with van der Waals surface area (Å²) in [5, 5.41) is 14.3. The van der Waals surface area contributed by atoms with Gasteiger partial charge in [-0.3, -0.25) is 4.90 Å². The number of ether oxygens (including phenoxy) is 1. The SMILES string of the molecule is COCc1nn(CC(O)CN2CCc3ccccc3C2)c(=O)o1. The highest BCUT2D eigenvalue weighted by atomic mass is 16.5. The van der Waals surface area contributed by atoms with Gasteiger partial charge in [0.15, 0.2) is 0 Å². The van der Waals surface area contributed by atoms with Gasteiger partial charge >= 0.3 is 5.76 Å². The van der Waals surface area contributed by atoms with Gasteiger partial charge in [-0.1, -0.05) is 24.3 Å². The molecule has 1 aromatic heterocycles. The predicted octanol–water partition coefficient (Wildman–Crippen LogP) is 0.402. The second-order valence-corrected chi connectivity index (χ2v) is 5.78. The topological polar surface area (TPSA) is 80.7 Å². The third-order valence-electron chi connectivity index (χ3n) is 3.98. The average molecular weight is 319 g/mol. The predicted molar refractivity (Wildman–Crippen MR) is 82.9 cm³/mol. The largest absolute Gasteiger partial charge is 0.437 e. The van der Waals surface area contributed by atoms with E-state index in [1.807, 2.05) is 6.07 Å². The van der Waals surface area contributed by atoms with Crippen molar-refractivity contribution in [3.05, 3.63) is 51.8 Å². The maximum atomic E-state index is 11.7. The second-order valence-electron chi connectivity index (χ2n) is 5.78. The number of methoxy groups -OCH3 is 1. The second kappa shape index (κ2) is 7.08. The number of β-amino-alcohol motifs (C(OH)–C–C–N with tert-alkyl or cyclic N) is 1. The molecule has 2 aromatic rings. The van der Waals surface area contributed by atoms with Crippen LogP contribution in [-0.4, -0.2) is 46.1 Å². The number of nitrogens with zero attached hydrogens (tertiary/aromatic N) is 3. The summed E-state index contributed by atoms with van der Waals surface area (Å²) in [6, 6.07) is 8.35. The monoisotopic (exact) mass is 319 g/mol. The lowest BCUT2D eigenvalue weighted by atomic mass is 10.00. The lowest BCUT2D eigenvalue weighted by molar-refractivity contribution is 0.0871. The number of fused-ring (bicyclic) bond motifs is 1. The van der Waals surface area contributed by atoms with Crippen LogP contribution in [0.1, 0.15) is 17.0 Å². The van der Waals surface area contributed by atoms with Crippen molar-refractivity contribution in [2.45, 2.75) is 32.2 Å². The van der Waals surface area contributed by atoms with E-state index in [1.54, 1.807) is 0 Å². The van der Waals surface area contributed by atoms with E-state index in [4.69, 9.17) is 9.15 Å². The van der Waals surface area contributed by atoms with Gasteiger partial charge in [-0.15, -0.1) is 5.10 Å².